The van der Waals surface area contributed by atoms with E-state index < -0.39 is 7.92 Å². The van der Waals surface area contributed by atoms with Gasteiger partial charge in [0, 0.05) is 31.0 Å². The summed E-state index contributed by atoms with van der Waals surface area (Å²) in [7, 11) is 5.59. The van der Waals surface area contributed by atoms with E-state index in [1.54, 1.807) is 28.4 Å². The first-order valence-corrected chi connectivity index (χ1v) is 12.5. The zero-order chi connectivity index (χ0) is 24.5. The fourth-order valence-electron chi connectivity index (χ4n) is 3.76. The minimum Gasteiger partial charge on any atom is -0.497 e. The standard InChI is InChI=1S/C27H33O6P/c1-19-12-22(30-5)14-24(26(19)32-17-28-3)34(16-21-10-8-7-9-11-21)25-15-23(31-6)13-20(2)27(25)33-18-29-4/h7-15H,16-18H2,1-6H3. The number of ether oxygens (including phenoxy) is 6. The van der Waals surface area contributed by atoms with Crippen molar-refractivity contribution >= 4 is 18.5 Å². The van der Waals surface area contributed by atoms with Crippen LogP contribution in [0.2, 0.25) is 0 Å². The molecule has 7 heteroatoms. The molecule has 0 spiro atoms. The summed E-state index contributed by atoms with van der Waals surface area (Å²) in [5.74, 6) is 3.14. The summed E-state index contributed by atoms with van der Waals surface area (Å²) in [5.41, 5.74) is 3.17. The van der Waals surface area contributed by atoms with E-state index >= 15 is 0 Å². The third kappa shape index (κ3) is 6.20. The molecule has 3 rings (SSSR count). The Bertz CT molecular complexity index is 1000. The third-order valence-electron chi connectivity index (χ3n) is 5.34. The van der Waals surface area contributed by atoms with Crippen molar-refractivity contribution in [2.75, 3.05) is 42.0 Å². The lowest BCUT2D eigenvalue weighted by Gasteiger charge is -2.26. The van der Waals surface area contributed by atoms with Crippen LogP contribution in [0.3, 0.4) is 0 Å². The first-order valence-electron chi connectivity index (χ1n) is 10.9. The molecule has 0 aromatic heterocycles. The van der Waals surface area contributed by atoms with Crippen LogP contribution in [0, 0.1) is 13.8 Å². The Balaban J connectivity index is 2.28. The van der Waals surface area contributed by atoms with Gasteiger partial charge in [-0.25, -0.2) is 0 Å². The number of methoxy groups -OCH3 is 4. The molecule has 0 fully saturated rings. The van der Waals surface area contributed by atoms with Crippen molar-refractivity contribution < 1.29 is 28.4 Å². The minimum atomic E-state index is -0.999. The molecule has 6 nitrogen and oxygen atoms in total. The Morgan fingerprint density at radius 2 is 1.12 bits per heavy atom. The summed E-state index contributed by atoms with van der Waals surface area (Å²) in [5, 5.41) is 2.09. The first-order chi connectivity index (χ1) is 16.5. The normalized spacial score (nSPS) is 10.9. The molecular formula is C27H33O6P. The second-order valence-corrected chi connectivity index (χ2v) is 9.89. The molecular weight excluding hydrogens is 451 g/mol. The van der Waals surface area contributed by atoms with E-state index in [-0.39, 0.29) is 13.6 Å². The van der Waals surface area contributed by atoms with Crippen molar-refractivity contribution in [2.24, 2.45) is 0 Å². The predicted octanol–water partition coefficient (Wildman–Crippen LogP) is 4.92. The Hall–Kier alpha value is -2.79. The summed E-state index contributed by atoms with van der Waals surface area (Å²) in [6, 6.07) is 18.5. The van der Waals surface area contributed by atoms with Crippen LogP contribution in [0.15, 0.2) is 54.6 Å². The highest BCUT2D eigenvalue weighted by atomic mass is 31.1. The van der Waals surface area contributed by atoms with Crippen molar-refractivity contribution in [3.63, 3.8) is 0 Å². The average Bonchev–Trinajstić information content (AvgIpc) is 2.85. The quantitative estimate of drug-likeness (QED) is 0.269. The Morgan fingerprint density at radius 3 is 1.53 bits per heavy atom. The highest BCUT2D eigenvalue weighted by Crippen LogP contribution is 2.46. The summed E-state index contributed by atoms with van der Waals surface area (Å²) < 4.78 is 34.0. The van der Waals surface area contributed by atoms with Crippen LogP contribution in [0.25, 0.3) is 0 Å². The van der Waals surface area contributed by atoms with Crippen LogP contribution in [-0.4, -0.2) is 42.0 Å². The zero-order valence-corrected chi connectivity index (χ0v) is 21.6. The maximum Gasteiger partial charge on any atom is 0.188 e. The van der Waals surface area contributed by atoms with E-state index in [1.807, 2.05) is 32.0 Å². The van der Waals surface area contributed by atoms with Crippen molar-refractivity contribution in [1.82, 2.24) is 0 Å². The van der Waals surface area contributed by atoms with Gasteiger partial charge in [-0.3, -0.25) is 0 Å². The lowest BCUT2D eigenvalue weighted by molar-refractivity contribution is 0.0513. The molecule has 0 heterocycles. The second-order valence-electron chi connectivity index (χ2n) is 7.76. The summed E-state index contributed by atoms with van der Waals surface area (Å²) in [4.78, 5) is 0. The highest BCUT2D eigenvalue weighted by molar-refractivity contribution is 7.72. The summed E-state index contributed by atoms with van der Waals surface area (Å²) in [6.45, 7) is 4.34. The molecule has 0 radical (unpaired) electrons. The predicted molar refractivity (Wildman–Crippen MR) is 137 cm³/mol. The van der Waals surface area contributed by atoms with Crippen LogP contribution >= 0.6 is 7.92 Å². The first kappa shape index (κ1) is 25.8. The van der Waals surface area contributed by atoms with Gasteiger partial charge in [0.15, 0.2) is 13.6 Å². The average molecular weight is 485 g/mol. The summed E-state index contributed by atoms with van der Waals surface area (Å²) in [6.07, 6.45) is 0.780. The van der Waals surface area contributed by atoms with Crippen molar-refractivity contribution in [3.05, 3.63) is 71.3 Å². The minimum absolute atomic E-state index is 0.152. The second kappa shape index (κ2) is 12.6. The Morgan fingerprint density at radius 1 is 0.647 bits per heavy atom. The molecule has 0 amide bonds. The molecule has 0 bridgehead atoms. The number of rotatable bonds is 12. The lowest BCUT2D eigenvalue weighted by Crippen LogP contribution is -2.21. The zero-order valence-electron chi connectivity index (χ0n) is 20.7. The number of hydrogen-bond donors (Lipinski definition) is 0. The SMILES string of the molecule is COCOc1c(C)cc(OC)cc1P(Cc1ccccc1)c1cc(OC)cc(C)c1OCOC. The van der Waals surface area contributed by atoms with Gasteiger partial charge in [0.05, 0.1) is 14.2 Å². The molecule has 0 aliphatic heterocycles. The van der Waals surface area contributed by atoms with Crippen LogP contribution < -0.4 is 29.6 Å². The van der Waals surface area contributed by atoms with Crippen molar-refractivity contribution in [1.29, 1.82) is 0 Å². The largest absolute Gasteiger partial charge is 0.497 e. The number of aryl methyl sites for hydroxylation is 2. The van der Waals surface area contributed by atoms with Crippen molar-refractivity contribution in [2.45, 2.75) is 20.0 Å². The van der Waals surface area contributed by atoms with Gasteiger partial charge in [-0.15, -0.1) is 0 Å². The third-order valence-corrected chi connectivity index (χ3v) is 7.84. The van der Waals surface area contributed by atoms with Gasteiger partial charge in [0.25, 0.3) is 0 Å². The molecule has 0 unspecified atom stereocenters. The molecule has 182 valence electrons. The van der Waals surface area contributed by atoms with Gasteiger partial charge in [-0.1, -0.05) is 30.3 Å². The highest BCUT2D eigenvalue weighted by Gasteiger charge is 2.26. The van der Waals surface area contributed by atoms with Gasteiger partial charge in [0.2, 0.25) is 0 Å². The fourth-order valence-corrected chi connectivity index (χ4v) is 6.47. The molecule has 34 heavy (non-hydrogen) atoms. The molecule has 0 atom stereocenters. The smallest absolute Gasteiger partial charge is 0.188 e. The molecule has 0 aliphatic carbocycles. The van der Waals surface area contributed by atoms with Crippen molar-refractivity contribution in [3.8, 4) is 23.0 Å². The molecule has 0 aliphatic rings. The number of hydrogen-bond acceptors (Lipinski definition) is 6. The lowest BCUT2D eigenvalue weighted by atomic mass is 10.2. The van der Waals surface area contributed by atoms with Gasteiger partial charge < -0.3 is 28.4 Å². The molecule has 0 N–H and O–H groups in total. The number of benzene rings is 3. The molecule has 3 aromatic rings. The van der Waals surface area contributed by atoms with Crippen LogP contribution in [-0.2, 0) is 15.6 Å². The summed E-state index contributed by atoms with van der Waals surface area (Å²) >= 11 is 0. The van der Waals surface area contributed by atoms with E-state index in [0.29, 0.717) is 0 Å². The van der Waals surface area contributed by atoms with Crippen LogP contribution in [0.4, 0.5) is 0 Å². The maximum atomic E-state index is 6.11. The van der Waals surface area contributed by atoms with Gasteiger partial charge in [-0.2, -0.15) is 0 Å². The Labute approximate surface area is 203 Å². The van der Waals surface area contributed by atoms with E-state index in [9.17, 15) is 0 Å². The Kier molecular flexibility index (Phi) is 9.58. The fraction of sp³-hybridized carbons (Fsp3) is 0.333. The van der Waals surface area contributed by atoms with E-state index in [1.165, 1.54) is 5.56 Å². The van der Waals surface area contributed by atoms with E-state index in [4.69, 9.17) is 28.4 Å². The van der Waals surface area contributed by atoms with Gasteiger partial charge >= 0.3 is 0 Å². The van der Waals surface area contributed by atoms with Gasteiger partial charge in [0.1, 0.15) is 23.0 Å². The topological polar surface area (TPSA) is 55.4 Å². The van der Waals surface area contributed by atoms with E-state index in [2.05, 4.69) is 36.4 Å². The van der Waals surface area contributed by atoms with Crippen LogP contribution in [0.5, 0.6) is 23.0 Å². The van der Waals surface area contributed by atoms with Crippen LogP contribution in [0.1, 0.15) is 16.7 Å². The maximum absolute atomic E-state index is 6.11. The monoisotopic (exact) mass is 484 g/mol. The molecule has 0 saturated heterocycles. The van der Waals surface area contributed by atoms with E-state index in [0.717, 1.165) is 50.9 Å². The molecule has 3 aromatic carbocycles. The molecule has 0 saturated carbocycles. The van der Waals surface area contributed by atoms with Gasteiger partial charge in [-0.05, 0) is 62.7 Å².